The summed E-state index contributed by atoms with van der Waals surface area (Å²) in [7, 11) is 0. The SMILES string of the molecule is Cc1ccc(Cn2ccc3c(C=NNC(=O)c4ccc(O)c(C#N)c4)cccc32)c(C)c1. The fraction of sp³-hybridized carbons (Fsp3) is 0.115. The summed E-state index contributed by atoms with van der Waals surface area (Å²) in [6, 6.07) is 20.4. The lowest BCUT2D eigenvalue weighted by Gasteiger charge is -2.10. The van der Waals surface area contributed by atoms with Crippen molar-refractivity contribution in [1.29, 1.82) is 5.26 Å². The van der Waals surface area contributed by atoms with Crippen LogP contribution >= 0.6 is 0 Å². The van der Waals surface area contributed by atoms with Crippen LogP contribution in [0.1, 0.15) is 38.2 Å². The molecule has 0 spiro atoms. The maximum Gasteiger partial charge on any atom is 0.271 e. The van der Waals surface area contributed by atoms with E-state index in [1.54, 1.807) is 6.21 Å². The molecule has 3 aromatic carbocycles. The van der Waals surface area contributed by atoms with Crippen LogP contribution in [0, 0.1) is 25.2 Å². The van der Waals surface area contributed by atoms with Gasteiger partial charge in [0.15, 0.2) is 0 Å². The number of aromatic hydroxyl groups is 1. The monoisotopic (exact) mass is 422 g/mol. The van der Waals surface area contributed by atoms with Gasteiger partial charge in [-0.25, -0.2) is 5.43 Å². The Morgan fingerprint density at radius 1 is 1.16 bits per heavy atom. The Kier molecular flexibility index (Phi) is 5.73. The third-order valence-electron chi connectivity index (χ3n) is 5.44. The van der Waals surface area contributed by atoms with Gasteiger partial charge < -0.3 is 9.67 Å². The van der Waals surface area contributed by atoms with Crippen molar-refractivity contribution in [2.45, 2.75) is 20.4 Å². The molecule has 4 rings (SSSR count). The number of amides is 1. The van der Waals surface area contributed by atoms with Crippen molar-refractivity contribution < 1.29 is 9.90 Å². The Labute approximate surface area is 186 Å². The number of fused-ring (bicyclic) bond motifs is 1. The predicted molar refractivity (Wildman–Crippen MR) is 125 cm³/mol. The first-order valence-corrected chi connectivity index (χ1v) is 10.2. The first kappa shape index (κ1) is 20.9. The summed E-state index contributed by atoms with van der Waals surface area (Å²) in [6.45, 7) is 4.99. The first-order chi connectivity index (χ1) is 15.5. The highest BCUT2D eigenvalue weighted by molar-refractivity contribution is 6.00. The number of hydrogen-bond donors (Lipinski definition) is 2. The highest BCUT2D eigenvalue weighted by Crippen LogP contribution is 2.22. The van der Waals surface area contributed by atoms with Crippen molar-refractivity contribution in [3.05, 3.63) is 100 Å². The molecule has 0 saturated heterocycles. The predicted octanol–water partition coefficient (Wildman–Crippen LogP) is 4.65. The lowest BCUT2D eigenvalue weighted by atomic mass is 10.1. The molecule has 32 heavy (non-hydrogen) atoms. The average molecular weight is 422 g/mol. The molecule has 1 aromatic heterocycles. The second-order valence-electron chi connectivity index (χ2n) is 7.70. The van der Waals surface area contributed by atoms with Gasteiger partial charge in [0.05, 0.1) is 11.8 Å². The average Bonchev–Trinajstić information content (AvgIpc) is 3.19. The highest BCUT2D eigenvalue weighted by Gasteiger charge is 2.09. The molecule has 0 aliphatic rings. The summed E-state index contributed by atoms with van der Waals surface area (Å²) in [5.74, 6) is -0.623. The number of phenols is 1. The van der Waals surface area contributed by atoms with Crippen molar-refractivity contribution in [1.82, 2.24) is 9.99 Å². The fourth-order valence-corrected chi connectivity index (χ4v) is 3.70. The van der Waals surface area contributed by atoms with E-state index in [4.69, 9.17) is 5.26 Å². The highest BCUT2D eigenvalue weighted by atomic mass is 16.3. The molecule has 1 amide bonds. The molecule has 0 atom stereocenters. The van der Waals surface area contributed by atoms with Crippen LogP contribution in [-0.2, 0) is 6.54 Å². The van der Waals surface area contributed by atoms with Crippen LogP contribution < -0.4 is 5.43 Å². The zero-order valence-electron chi connectivity index (χ0n) is 17.8. The number of carbonyl (C=O) groups excluding carboxylic acids is 1. The van der Waals surface area contributed by atoms with E-state index in [1.807, 2.05) is 24.3 Å². The lowest BCUT2D eigenvalue weighted by molar-refractivity contribution is 0.0955. The minimum Gasteiger partial charge on any atom is -0.507 e. The molecule has 0 aliphatic carbocycles. The summed E-state index contributed by atoms with van der Waals surface area (Å²) in [4.78, 5) is 12.3. The van der Waals surface area contributed by atoms with Gasteiger partial charge in [0.2, 0.25) is 0 Å². The number of nitrogens with one attached hydrogen (secondary N) is 1. The number of benzene rings is 3. The molecular formula is C26H22N4O2. The zero-order valence-corrected chi connectivity index (χ0v) is 17.8. The third kappa shape index (κ3) is 4.23. The number of nitrogens with zero attached hydrogens (tertiary/aromatic N) is 3. The van der Waals surface area contributed by atoms with E-state index >= 15 is 0 Å². The number of aromatic nitrogens is 1. The smallest absolute Gasteiger partial charge is 0.271 e. The third-order valence-corrected chi connectivity index (χ3v) is 5.44. The van der Waals surface area contributed by atoms with Gasteiger partial charge in [0.1, 0.15) is 11.8 Å². The molecular weight excluding hydrogens is 400 g/mol. The standard InChI is InChI=1S/C26H22N4O2/c1-17-6-7-21(18(2)12-17)16-30-11-10-23-20(4-3-5-24(23)30)15-28-29-26(32)19-8-9-25(31)22(13-19)14-27/h3-13,15,31H,16H2,1-2H3,(H,29,32). The Balaban J connectivity index is 1.53. The van der Waals surface area contributed by atoms with E-state index in [0.29, 0.717) is 0 Å². The van der Waals surface area contributed by atoms with Crippen LogP contribution in [0.25, 0.3) is 10.9 Å². The first-order valence-electron chi connectivity index (χ1n) is 10.2. The number of nitriles is 1. The van der Waals surface area contributed by atoms with Crippen LogP contribution in [0.4, 0.5) is 0 Å². The van der Waals surface area contributed by atoms with Crippen LogP contribution in [0.15, 0.2) is 72.0 Å². The number of aryl methyl sites for hydroxylation is 2. The largest absolute Gasteiger partial charge is 0.507 e. The molecule has 0 saturated carbocycles. The van der Waals surface area contributed by atoms with Gasteiger partial charge in [-0.05, 0) is 55.3 Å². The molecule has 2 N–H and O–H groups in total. The molecule has 6 heteroatoms. The summed E-state index contributed by atoms with van der Waals surface area (Å²) in [5.41, 5.74) is 8.50. The summed E-state index contributed by atoms with van der Waals surface area (Å²) in [5, 5.41) is 23.7. The van der Waals surface area contributed by atoms with Crippen molar-refractivity contribution in [2.24, 2.45) is 5.10 Å². The zero-order chi connectivity index (χ0) is 22.7. The second-order valence-corrected chi connectivity index (χ2v) is 7.70. The molecule has 6 nitrogen and oxygen atoms in total. The van der Waals surface area contributed by atoms with E-state index in [2.05, 4.69) is 59.4 Å². The molecule has 4 aromatic rings. The quantitative estimate of drug-likeness (QED) is 0.362. The van der Waals surface area contributed by atoms with Crippen molar-refractivity contribution in [2.75, 3.05) is 0 Å². The Bertz CT molecular complexity index is 1390. The lowest BCUT2D eigenvalue weighted by Crippen LogP contribution is -2.17. The maximum atomic E-state index is 12.3. The van der Waals surface area contributed by atoms with Gasteiger partial charge in [-0.1, -0.05) is 35.9 Å². The molecule has 158 valence electrons. The van der Waals surface area contributed by atoms with Crippen LogP contribution in [-0.4, -0.2) is 21.8 Å². The van der Waals surface area contributed by atoms with Gasteiger partial charge in [-0.3, -0.25) is 4.79 Å². The maximum absolute atomic E-state index is 12.3. The molecule has 0 aliphatic heterocycles. The van der Waals surface area contributed by atoms with E-state index in [-0.39, 0.29) is 16.9 Å². The van der Waals surface area contributed by atoms with E-state index in [1.165, 1.54) is 34.9 Å². The number of phenolic OH excluding ortho intramolecular Hbond substituents is 1. The van der Waals surface area contributed by atoms with Crippen molar-refractivity contribution in [3.8, 4) is 11.8 Å². The molecule has 0 radical (unpaired) electrons. The Morgan fingerprint density at radius 2 is 2.00 bits per heavy atom. The second kappa shape index (κ2) is 8.78. The number of carbonyl (C=O) groups is 1. The van der Waals surface area contributed by atoms with Crippen molar-refractivity contribution >= 4 is 23.0 Å². The van der Waals surface area contributed by atoms with Crippen molar-refractivity contribution in [3.63, 3.8) is 0 Å². The number of hydrazone groups is 1. The van der Waals surface area contributed by atoms with Gasteiger partial charge in [0.25, 0.3) is 5.91 Å². The molecule has 0 unspecified atom stereocenters. The molecule has 1 heterocycles. The fourth-order valence-electron chi connectivity index (χ4n) is 3.70. The van der Waals surface area contributed by atoms with E-state index in [9.17, 15) is 9.90 Å². The van der Waals surface area contributed by atoms with Crippen LogP contribution in [0.5, 0.6) is 5.75 Å². The summed E-state index contributed by atoms with van der Waals surface area (Å²) in [6.07, 6.45) is 3.66. The summed E-state index contributed by atoms with van der Waals surface area (Å²) >= 11 is 0. The van der Waals surface area contributed by atoms with Gasteiger partial charge >= 0.3 is 0 Å². The Morgan fingerprint density at radius 3 is 2.78 bits per heavy atom. The number of hydrogen-bond acceptors (Lipinski definition) is 4. The van der Waals surface area contributed by atoms with Crippen LogP contribution in [0.3, 0.4) is 0 Å². The van der Waals surface area contributed by atoms with Gasteiger partial charge in [0, 0.05) is 34.8 Å². The van der Waals surface area contributed by atoms with E-state index in [0.717, 1.165) is 23.0 Å². The topological polar surface area (TPSA) is 90.4 Å². The minimum absolute atomic E-state index is 0.0385. The molecule has 0 bridgehead atoms. The normalized spacial score (nSPS) is 11.0. The van der Waals surface area contributed by atoms with Crippen LogP contribution in [0.2, 0.25) is 0 Å². The van der Waals surface area contributed by atoms with E-state index < -0.39 is 5.91 Å². The minimum atomic E-state index is -0.461. The van der Waals surface area contributed by atoms with Gasteiger partial charge in [-0.2, -0.15) is 10.4 Å². The van der Waals surface area contributed by atoms with Gasteiger partial charge in [-0.15, -0.1) is 0 Å². The summed E-state index contributed by atoms with van der Waals surface area (Å²) < 4.78 is 2.20. The Hall–Kier alpha value is -4.37. The number of rotatable bonds is 5. The molecule has 0 fully saturated rings.